The van der Waals surface area contributed by atoms with E-state index in [-0.39, 0.29) is 15.1 Å². The first kappa shape index (κ1) is 27.2. The van der Waals surface area contributed by atoms with Gasteiger partial charge in [0.25, 0.3) is 15.9 Å². The topological polar surface area (TPSA) is 88.6 Å². The van der Waals surface area contributed by atoms with E-state index in [1.54, 1.807) is 12.1 Å². The SMILES string of the molecule is O=C(NCc1cc(-c2ccc(OC(F)(F)F)cc2)ccn1)[C@@H]1CC(F)(F)CN1S(=O)(=O)c1ccc(Cl)s1. The number of carbonyl (C=O) groups excluding carboxylic acids is 1. The number of hydrogen-bond donors (Lipinski definition) is 1. The average Bonchev–Trinajstić information content (AvgIpc) is 3.40. The molecule has 2 aromatic heterocycles. The summed E-state index contributed by atoms with van der Waals surface area (Å²) in [5.41, 5.74) is 1.40. The van der Waals surface area contributed by atoms with Gasteiger partial charge in [0, 0.05) is 12.6 Å². The molecule has 0 aliphatic carbocycles. The lowest BCUT2D eigenvalue weighted by Gasteiger charge is -2.21. The van der Waals surface area contributed by atoms with Crippen LogP contribution in [0.15, 0.2) is 58.9 Å². The van der Waals surface area contributed by atoms with Crippen molar-refractivity contribution in [3.05, 3.63) is 64.8 Å². The van der Waals surface area contributed by atoms with Gasteiger partial charge in [-0.1, -0.05) is 23.7 Å². The maximum absolute atomic E-state index is 14.2. The van der Waals surface area contributed by atoms with Crippen LogP contribution in [-0.4, -0.2) is 48.5 Å². The summed E-state index contributed by atoms with van der Waals surface area (Å²) in [5, 5.41) is 2.44. The Morgan fingerprint density at radius 3 is 2.49 bits per heavy atom. The molecule has 0 saturated carbocycles. The van der Waals surface area contributed by atoms with Crippen LogP contribution >= 0.6 is 22.9 Å². The highest BCUT2D eigenvalue weighted by atomic mass is 35.5. The van der Waals surface area contributed by atoms with Crippen molar-refractivity contribution >= 4 is 38.9 Å². The molecule has 1 atom stereocenters. The number of rotatable bonds is 7. The molecule has 7 nitrogen and oxygen atoms in total. The molecule has 37 heavy (non-hydrogen) atoms. The van der Waals surface area contributed by atoms with Crippen LogP contribution < -0.4 is 10.1 Å². The summed E-state index contributed by atoms with van der Waals surface area (Å²) in [7, 11) is -4.39. The Hall–Kier alpha value is -2.81. The number of thiophene rings is 1. The number of hydrogen-bond acceptors (Lipinski definition) is 6. The van der Waals surface area contributed by atoms with Crippen molar-refractivity contribution in [2.24, 2.45) is 0 Å². The average molecular weight is 582 g/mol. The fraction of sp³-hybridized carbons (Fsp3) is 0.273. The third-order valence-corrected chi connectivity index (χ3v) is 8.88. The summed E-state index contributed by atoms with van der Waals surface area (Å²) in [6, 6.07) is 9.07. The van der Waals surface area contributed by atoms with Gasteiger partial charge in [0.1, 0.15) is 16.0 Å². The van der Waals surface area contributed by atoms with E-state index in [0.717, 1.165) is 12.1 Å². The van der Waals surface area contributed by atoms with Gasteiger partial charge in [0.15, 0.2) is 0 Å². The second kappa shape index (κ2) is 10.2. The highest BCUT2D eigenvalue weighted by molar-refractivity contribution is 7.91. The number of ether oxygens (including phenoxy) is 1. The Morgan fingerprint density at radius 2 is 1.86 bits per heavy atom. The molecule has 1 N–H and O–H groups in total. The van der Waals surface area contributed by atoms with Gasteiger partial charge in [-0.2, -0.15) is 4.31 Å². The normalized spacial score (nSPS) is 18.1. The minimum Gasteiger partial charge on any atom is -0.406 e. The molecule has 1 amide bonds. The maximum Gasteiger partial charge on any atom is 0.573 e. The number of benzene rings is 1. The lowest BCUT2D eigenvalue weighted by Crippen LogP contribution is -2.45. The Labute approximate surface area is 216 Å². The fourth-order valence-corrected chi connectivity index (χ4v) is 6.94. The molecular weight excluding hydrogens is 565 g/mol. The predicted molar refractivity (Wildman–Crippen MR) is 125 cm³/mol. The van der Waals surface area contributed by atoms with Gasteiger partial charge in [-0.3, -0.25) is 9.78 Å². The molecule has 15 heteroatoms. The molecule has 0 unspecified atom stereocenters. The van der Waals surface area contributed by atoms with Gasteiger partial charge in [-0.15, -0.1) is 24.5 Å². The van der Waals surface area contributed by atoms with E-state index in [0.29, 0.717) is 32.5 Å². The second-order valence-corrected chi connectivity index (χ2v) is 11.8. The van der Waals surface area contributed by atoms with Crippen molar-refractivity contribution in [2.75, 3.05) is 6.54 Å². The first-order valence-corrected chi connectivity index (χ1v) is 13.1. The van der Waals surface area contributed by atoms with Crippen LogP contribution in [0, 0.1) is 0 Å². The van der Waals surface area contributed by atoms with Crippen LogP contribution in [0.1, 0.15) is 12.1 Å². The summed E-state index contributed by atoms with van der Waals surface area (Å²) >= 11 is 6.48. The summed E-state index contributed by atoms with van der Waals surface area (Å²) in [5.74, 6) is -4.73. The molecule has 1 aliphatic rings. The largest absolute Gasteiger partial charge is 0.573 e. The van der Waals surface area contributed by atoms with E-state index >= 15 is 0 Å². The van der Waals surface area contributed by atoms with Crippen LogP contribution in [0.2, 0.25) is 4.34 Å². The Balaban J connectivity index is 1.46. The maximum atomic E-state index is 14.2. The van der Waals surface area contributed by atoms with Gasteiger partial charge in [0.05, 0.1) is 23.1 Å². The molecule has 198 valence electrons. The minimum absolute atomic E-state index is 0.152. The zero-order chi connectivity index (χ0) is 27.0. The number of aromatic nitrogens is 1. The third-order valence-electron chi connectivity index (χ3n) is 5.32. The number of carbonyl (C=O) groups is 1. The van der Waals surface area contributed by atoms with Gasteiger partial charge in [-0.25, -0.2) is 17.2 Å². The number of nitrogens with zero attached hydrogens (tertiary/aromatic N) is 2. The predicted octanol–water partition coefficient (Wildman–Crippen LogP) is 5.08. The summed E-state index contributed by atoms with van der Waals surface area (Å²) < 4.78 is 95.5. The highest BCUT2D eigenvalue weighted by Gasteiger charge is 2.53. The molecule has 3 heterocycles. The van der Waals surface area contributed by atoms with Crippen molar-refractivity contribution in [2.45, 2.75) is 35.5 Å². The van der Waals surface area contributed by atoms with E-state index < -0.39 is 53.0 Å². The lowest BCUT2D eigenvalue weighted by atomic mass is 10.1. The number of amides is 1. The second-order valence-electron chi connectivity index (χ2n) is 8.01. The number of alkyl halides is 5. The number of nitrogens with one attached hydrogen (secondary N) is 1. The molecule has 1 fully saturated rings. The zero-order valence-electron chi connectivity index (χ0n) is 18.5. The van der Waals surface area contributed by atoms with Crippen molar-refractivity contribution in [3.8, 4) is 16.9 Å². The van der Waals surface area contributed by atoms with E-state index in [2.05, 4.69) is 15.0 Å². The molecule has 3 aromatic rings. The zero-order valence-corrected chi connectivity index (χ0v) is 20.9. The van der Waals surface area contributed by atoms with Crippen LogP contribution in [-0.2, 0) is 21.4 Å². The summed E-state index contributed by atoms with van der Waals surface area (Å²) in [6.45, 7) is -1.35. The number of halogens is 6. The Bertz CT molecular complexity index is 1400. The molecular formula is C22H17ClF5N3O4S2. The molecule has 1 aromatic carbocycles. The number of sulfonamides is 1. The first-order valence-electron chi connectivity index (χ1n) is 10.5. The van der Waals surface area contributed by atoms with Crippen molar-refractivity contribution in [1.29, 1.82) is 0 Å². The van der Waals surface area contributed by atoms with E-state index in [1.165, 1.54) is 30.5 Å². The quantitative estimate of drug-likeness (QED) is 0.393. The monoisotopic (exact) mass is 581 g/mol. The number of pyridine rings is 1. The highest BCUT2D eigenvalue weighted by Crippen LogP contribution is 2.38. The van der Waals surface area contributed by atoms with E-state index in [9.17, 15) is 35.2 Å². The first-order chi connectivity index (χ1) is 17.2. The molecule has 4 rings (SSSR count). The molecule has 1 aliphatic heterocycles. The van der Waals surface area contributed by atoms with E-state index in [1.807, 2.05) is 0 Å². The van der Waals surface area contributed by atoms with Gasteiger partial charge in [0.2, 0.25) is 5.91 Å². The lowest BCUT2D eigenvalue weighted by molar-refractivity contribution is -0.274. The van der Waals surface area contributed by atoms with Gasteiger partial charge in [-0.05, 0) is 47.5 Å². The van der Waals surface area contributed by atoms with Crippen LogP contribution in [0.5, 0.6) is 5.75 Å². The van der Waals surface area contributed by atoms with Crippen molar-refractivity contribution in [1.82, 2.24) is 14.6 Å². The Kier molecular flexibility index (Phi) is 7.48. The van der Waals surface area contributed by atoms with Crippen molar-refractivity contribution in [3.63, 3.8) is 0 Å². The van der Waals surface area contributed by atoms with Crippen LogP contribution in [0.4, 0.5) is 22.0 Å². The smallest absolute Gasteiger partial charge is 0.406 e. The van der Waals surface area contributed by atoms with Gasteiger partial charge >= 0.3 is 6.36 Å². The minimum atomic E-state index is -4.82. The van der Waals surface area contributed by atoms with Crippen LogP contribution in [0.25, 0.3) is 11.1 Å². The summed E-state index contributed by atoms with van der Waals surface area (Å²) in [6.07, 6.45) is -4.41. The molecule has 1 saturated heterocycles. The van der Waals surface area contributed by atoms with Gasteiger partial charge < -0.3 is 10.1 Å². The Morgan fingerprint density at radius 1 is 1.16 bits per heavy atom. The van der Waals surface area contributed by atoms with E-state index in [4.69, 9.17) is 11.6 Å². The van der Waals surface area contributed by atoms with Crippen LogP contribution in [0.3, 0.4) is 0 Å². The third kappa shape index (κ3) is 6.55. The molecule has 0 bridgehead atoms. The fourth-order valence-electron chi connectivity index (χ4n) is 3.71. The standard InChI is InChI=1S/C22H17ClF5N3O4S2/c23-18-5-6-19(36-18)37(33,34)31-12-21(24,25)10-17(31)20(32)30-11-15-9-14(7-8-29-15)13-1-3-16(4-2-13)35-22(26,27)28/h1-9,17H,10-12H2,(H,30,32)/t17-/m0/s1. The van der Waals surface area contributed by atoms with Crippen molar-refractivity contribution < 1.29 is 39.9 Å². The molecule has 0 spiro atoms. The summed E-state index contributed by atoms with van der Waals surface area (Å²) in [4.78, 5) is 16.9. The molecule has 0 radical (unpaired) electrons.